The Morgan fingerprint density at radius 3 is 2.15 bits per heavy atom. The van der Waals surface area contributed by atoms with Crippen LogP contribution in [0.1, 0.15) is 10.4 Å². The van der Waals surface area contributed by atoms with E-state index in [1.54, 1.807) is 53.4 Å². The number of sulfonamides is 1. The molecule has 0 spiro atoms. The van der Waals surface area contributed by atoms with Crippen molar-refractivity contribution in [1.29, 1.82) is 0 Å². The summed E-state index contributed by atoms with van der Waals surface area (Å²) in [5, 5.41) is 1.34. The number of ether oxygens (including phenoxy) is 2. The average molecular weight is 604 g/mol. The molecule has 1 aliphatic rings. The van der Waals surface area contributed by atoms with Crippen LogP contribution in [0.2, 0.25) is 15.1 Å². The molecule has 1 N–H and O–H groups in total. The smallest absolute Gasteiger partial charge is 0.261 e. The monoisotopic (exact) mass is 602 g/mol. The molecule has 39 heavy (non-hydrogen) atoms. The van der Waals surface area contributed by atoms with Gasteiger partial charge < -0.3 is 14.4 Å². The molecular weight excluding hydrogens is 583 g/mol. The molecule has 1 fully saturated rings. The first-order valence-electron chi connectivity index (χ1n) is 11.7. The van der Waals surface area contributed by atoms with Crippen molar-refractivity contribution < 1.29 is 22.7 Å². The molecule has 7 nitrogen and oxygen atoms in total. The Balaban J connectivity index is 1.27. The van der Waals surface area contributed by atoms with E-state index in [9.17, 15) is 13.2 Å². The van der Waals surface area contributed by atoms with Crippen LogP contribution in [0.3, 0.4) is 0 Å². The molecule has 0 unspecified atom stereocenters. The maximum atomic E-state index is 13.2. The van der Waals surface area contributed by atoms with E-state index >= 15 is 0 Å². The highest BCUT2D eigenvalue weighted by Gasteiger charge is 2.34. The zero-order chi connectivity index (χ0) is 27.6. The maximum Gasteiger partial charge on any atom is 0.261 e. The Bertz CT molecular complexity index is 1610. The summed E-state index contributed by atoms with van der Waals surface area (Å²) in [7, 11) is -4.03. The summed E-state index contributed by atoms with van der Waals surface area (Å²) in [5.41, 5.74) is 0.248. The molecule has 0 aromatic heterocycles. The number of hydrogen-bond acceptors (Lipinski definition) is 5. The predicted octanol–water partition coefficient (Wildman–Crippen LogP) is 7.14. The molecule has 1 amide bonds. The lowest BCUT2D eigenvalue weighted by Gasteiger charge is -2.39. The highest BCUT2D eigenvalue weighted by molar-refractivity contribution is 7.92. The second-order valence-electron chi connectivity index (χ2n) is 8.70. The molecule has 0 atom stereocenters. The minimum absolute atomic E-state index is 0.0114. The summed E-state index contributed by atoms with van der Waals surface area (Å²) in [6.45, 7) is 0.681. The highest BCUT2D eigenvalue weighted by Crippen LogP contribution is 2.31. The lowest BCUT2D eigenvalue weighted by Crippen LogP contribution is -2.56. The number of carbonyl (C=O) groups excluding carboxylic acids is 1. The lowest BCUT2D eigenvalue weighted by molar-refractivity contribution is 0.0179. The molecule has 1 aliphatic heterocycles. The summed E-state index contributed by atoms with van der Waals surface area (Å²) >= 11 is 18.2. The van der Waals surface area contributed by atoms with Crippen molar-refractivity contribution in [2.75, 3.05) is 17.8 Å². The van der Waals surface area contributed by atoms with Crippen LogP contribution < -0.4 is 14.2 Å². The second kappa shape index (κ2) is 11.4. The van der Waals surface area contributed by atoms with E-state index in [-0.39, 0.29) is 28.2 Å². The molecule has 0 aliphatic carbocycles. The number of nitrogens with one attached hydrogen (secondary N) is 1. The van der Waals surface area contributed by atoms with Crippen LogP contribution in [-0.4, -0.2) is 38.4 Å². The van der Waals surface area contributed by atoms with Crippen molar-refractivity contribution in [3.63, 3.8) is 0 Å². The number of hydrogen-bond donors (Lipinski definition) is 1. The second-order valence-corrected chi connectivity index (χ2v) is 11.7. The quantitative estimate of drug-likeness (QED) is 0.231. The number of halogens is 3. The van der Waals surface area contributed by atoms with Crippen LogP contribution >= 0.6 is 34.8 Å². The molecule has 0 saturated carbocycles. The number of nitrogens with zero attached hydrogens (tertiary/aromatic N) is 1. The van der Waals surface area contributed by atoms with Gasteiger partial charge in [-0.3, -0.25) is 9.52 Å². The van der Waals surface area contributed by atoms with Gasteiger partial charge in [0, 0.05) is 10.0 Å². The topological polar surface area (TPSA) is 84.9 Å². The van der Waals surface area contributed by atoms with Gasteiger partial charge >= 0.3 is 0 Å². The largest absolute Gasteiger partial charge is 0.487 e. The minimum atomic E-state index is -4.03. The minimum Gasteiger partial charge on any atom is -0.487 e. The molecule has 4 aromatic rings. The number of anilines is 1. The van der Waals surface area contributed by atoms with Crippen molar-refractivity contribution in [2.45, 2.75) is 11.0 Å². The van der Waals surface area contributed by atoms with Crippen LogP contribution in [0.4, 0.5) is 5.69 Å². The summed E-state index contributed by atoms with van der Waals surface area (Å²) in [4.78, 5) is 14.8. The standard InChI is InChI=1S/C28H21Cl3N2O5S/c29-18-5-8-20(9-6-18)37-22-16-33(17-22)28(34)24-15-19(30)7-14-26(24)32-39(35,36)23-12-10-21(11-13-23)38-27-4-2-1-3-25(27)31/h1-15,22,32H,16-17H2. The number of carbonyl (C=O) groups is 1. The first kappa shape index (κ1) is 27.1. The molecule has 5 rings (SSSR count). The van der Waals surface area contributed by atoms with E-state index in [0.717, 1.165) is 0 Å². The Morgan fingerprint density at radius 1 is 0.821 bits per heavy atom. The van der Waals surface area contributed by atoms with Gasteiger partial charge in [0.1, 0.15) is 23.4 Å². The van der Waals surface area contributed by atoms with Crippen molar-refractivity contribution in [1.82, 2.24) is 4.90 Å². The molecular formula is C28H21Cl3N2O5S. The number of para-hydroxylation sites is 1. The third kappa shape index (κ3) is 6.42. The summed E-state index contributed by atoms with van der Waals surface area (Å²) in [5.74, 6) is 1.15. The Kier molecular flexibility index (Phi) is 7.91. The third-order valence-electron chi connectivity index (χ3n) is 5.91. The third-order valence-corrected chi connectivity index (χ3v) is 8.09. The van der Waals surface area contributed by atoms with Crippen LogP contribution in [0, 0.1) is 0 Å². The van der Waals surface area contributed by atoms with Crippen LogP contribution in [0.25, 0.3) is 0 Å². The van der Waals surface area contributed by atoms with Gasteiger partial charge in [-0.2, -0.15) is 0 Å². The SMILES string of the molecule is O=C(c1cc(Cl)ccc1NS(=O)(=O)c1ccc(Oc2ccccc2Cl)cc1)N1CC(Oc2ccc(Cl)cc2)C1. The fourth-order valence-electron chi connectivity index (χ4n) is 3.88. The van der Waals surface area contributed by atoms with E-state index in [4.69, 9.17) is 44.3 Å². The van der Waals surface area contributed by atoms with E-state index < -0.39 is 10.0 Å². The van der Waals surface area contributed by atoms with E-state index in [2.05, 4.69) is 4.72 Å². The number of likely N-dealkylation sites (tertiary alicyclic amines) is 1. The predicted molar refractivity (Wildman–Crippen MR) is 152 cm³/mol. The first-order valence-corrected chi connectivity index (χ1v) is 14.4. The van der Waals surface area contributed by atoms with Gasteiger partial charge in [-0.1, -0.05) is 46.9 Å². The summed E-state index contributed by atoms with van der Waals surface area (Å²) in [6, 6.07) is 24.2. The van der Waals surface area contributed by atoms with Crippen LogP contribution in [-0.2, 0) is 10.0 Å². The van der Waals surface area contributed by atoms with Gasteiger partial charge in [0.25, 0.3) is 15.9 Å². The van der Waals surface area contributed by atoms with E-state index in [1.807, 2.05) is 0 Å². The molecule has 200 valence electrons. The zero-order valence-corrected chi connectivity index (χ0v) is 23.3. The molecule has 0 bridgehead atoms. The zero-order valence-electron chi connectivity index (χ0n) is 20.2. The Labute approximate surface area is 240 Å². The molecule has 0 radical (unpaired) electrons. The van der Waals surface area contributed by atoms with E-state index in [0.29, 0.717) is 45.4 Å². The van der Waals surface area contributed by atoms with Crippen LogP contribution in [0.5, 0.6) is 17.2 Å². The van der Waals surface area contributed by atoms with Gasteiger partial charge in [-0.05, 0) is 78.9 Å². The van der Waals surface area contributed by atoms with Gasteiger partial charge in [0.2, 0.25) is 0 Å². The highest BCUT2D eigenvalue weighted by atomic mass is 35.5. The molecule has 4 aromatic carbocycles. The summed E-state index contributed by atoms with van der Waals surface area (Å²) in [6.07, 6.45) is -0.194. The Morgan fingerprint density at radius 2 is 1.46 bits per heavy atom. The van der Waals surface area contributed by atoms with Crippen LogP contribution in [0.15, 0.2) is 95.9 Å². The normalized spacial score (nSPS) is 13.5. The Hall–Kier alpha value is -3.43. The fraction of sp³-hybridized carbons (Fsp3) is 0.107. The molecule has 11 heteroatoms. The number of rotatable bonds is 8. The number of benzene rings is 4. The maximum absolute atomic E-state index is 13.2. The van der Waals surface area contributed by atoms with Gasteiger partial charge in [0.05, 0.1) is 34.3 Å². The first-order chi connectivity index (χ1) is 18.7. The number of amides is 1. The molecule has 1 heterocycles. The van der Waals surface area contributed by atoms with Crippen molar-refractivity contribution in [3.05, 3.63) is 112 Å². The van der Waals surface area contributed by atoms with Gasteiger partial charge in [-0.15, -0.1) is 0 Å². The van der Waals surface area contributed by atoms with Crippen molar-refractivity contribution in [3.8, 4) is 17.2 Å². The fourth-order valence-corrected chi connectivity index (χ4v) is 5.43. The van der Waals surface area contributed by atoms with Crippen molar-refractivity contribution >= 4 is 56.4 Å². The summed E-state index contributed by atoms with van der Waals surface area (Å²) < 4.78 is 40.4. The average Bonchev–Trinajstić information content (AvgIpc) is 2.89. The van der Waals surface area contributed by atoms with Crippen molar-refractivity contribution in [2.24, 2.45) is 0 Å². The van der Waals surface area contributed by atoms with Gasteiger partial charge in [-0.25, -0.2) is 8.42 Å². The van der Waals surface area contributed by atoms with E-state index in [1.165, 1.54) is 42.5 Å². The lowest BCUT2D eigenvalue weighted by atomic mass is 10.1. The van der Waals surface area contributed by atoms with Gasteiger partial charge in [0.15, 0.2) is 0 Å². The molecule has 1 saturated heterocycles.